The van der Waals surface area contributed by atoms with Gasteiger partial charge in [0.1, 0.15) is 29.8 Å². The molecule has 1 aliphatic rings. The minimum atomic E-state index is -1.18. The van der Waals surface area contributed by atoms with Gasteiger partial charge >= 0.3 is 0 Å². The predicted molar refractivity (Wildman–Crippen MR) is 170 cm³/mol. The molecule has 6 atom stereocenters. The molecular formula is C33H43N7O5. The molecule has 0 aliphatic carbocycles. The summed E-state index contributed by atoms with van der Waals surface area (Å²) in [6.07, 6.45) is 1.66. The van der Waals surface area contributed by atoms with Gasteiger partial charge in [0.05, 0.1) is 19.5 Å². The van der Waals surface area contributed by atoms with Crippen molar-refractivity contribution in [2.24, 2.45) is 11.8 Å². The highest BCUT2D eigenvalue weighted by Crippen LogP contribution is 2.35. The van der Waals surface area contributed by atoms with Crippen molar-refractivity contribution in [2.75, 3.05) is 25.9 Å². The molecule has 240 valence electrons. The number of aromatic nitrogens is 4. The number of carbonyl (C=O) groups excluding carboxylic acids is 1. The van der Waals surface area contributed by atoms with Crippen LogP contribution in [0.1, 0.15) is 43.5 Å². The van der Waals surface area contributed by atoms with E-state index in [1.807, 2.05) is 49.4 Å². The van der Waals surface area contributed by atoms with Crippen LogP contribution in [0.3, 0.4) is 0 Å². The summed E-state index contributed by atoms with van der Waals surface area (Å²) in [4.78, 5) is 25.4. The van der Waals surface area contributed by atoms with Crippen LogP contribution in [0.4, 0.5) is 5.82 Å². The zero-order chi connectivity index (χ0) is 31.8. The summed E-state index contributed by atoms with van der Waals surface area (Å²) in [6.45, 7) is 3.85. The molecule has 0 spiro atoms. The molecule has 1 amide bonds. The number of nitrogen functional groups attached to an aromatic ring is 1. The maximum atomic E-state index is 12.9. The molecule has 5 rings (SSSR count). The van der Waals surface area contributed by atoms with Gasteiger partial charge in [0.2, 0.25) is 5.91 Å². The van der Waals surface area contributed by atoms with Crippen molar-refractivity contribution in [3.8, 4) is 5.75 Å². The largest absolute Gasteiger partial charge is 0.497 e. The average molecular weight is 618 g/mol. The van der Waals surface area contributed by atoms with Gasteiger partial charge in [-0.15, -0.1) is 0 Å². The van der Waals surface area contributed by atoms with Crippen molar-refractivity contribution >= 4 is 22.9 Å². The van der Waals surface area contributed by atoms with Crippen LogP contribution < -0.4 is 21.1 Å². The number of methoxy groups -OCH3 is 1. The monoisotopic (exact) mass is 617 g/mol. The molecule has 45 heavy (non-hydrogen) atoms. The summed E-state index contributed by atoms with van der Waals surface area (Å²) in [7, 11) is 1.64. The second kappa shape index (κ2) is 15.3. The molecule has 2 aromatic carbocycles. The summed E-state index contributed by atoms with van der Waals surface area (Å²) in [5.74, 6) is 0.936. The lowest BCUT2D eigenvalue weighted by Gasteiger charge is -2.24. The Morgan fingerprint density at radius 2 is 1.82 bits per heavy atom. The fourth-order valence-electron chi connectivity index (χ4n) is 5.77. The number of benzene rings is 2. The summed E-state index contributed by atoms with van der Waals surface area (Å²) >= 11 is 0. The molecule has 3 heterocycles. The van der Waals surface area contributed by atoms with Gasteiger partial charge < -0.3 is 36.1 Å². The number of hydrogen-bond acceptors (Lipinski definition) is 10. The third-order valence-electron chi connectivity index (χ3n) is 8.50. The first-order chi connectivity index (χ1) is 21.8. The van der Waals surface area contributed by atoms with Gasteiger partial charge in [-0.05, 0) is 61.4 Å². The van der Waals surface area contributed by atoms with Crippen LogP contribution >= 0.6 is 0 Å². The van der Waals surface area contributed by atoms with Crippen LogP contribution in [0.25, 0.3) is 11.2 Å². The fourth-order valence-corrected chi connectivity index (χ4v) is 5.77. The molecule has 2 aromatic heterocycles. The molecule has 0 bridgehead atoms. The van der Waals surface area contributed by atoms with Gasteiger partial charge in [-0.3, -0.25) is 9.36 Å². The Morgan fingerprint density at radius 3 is 2.58 bits per heavy atom. The van der Waals surface area contributed by atoms with E-state index in [0.29, 0.717) is 43.6 Å². The van der Waals surface area contributed by atoms with E-state index in [-0.39, 0.29) is 23.6 Å². The number of anilines is 1. The molecule has 6 N–H and O–H groups in total. The Kier molecular flexibility index (Phi) is 11.0. The summed E-state index contributed by atoms with van der Waals surface area (Å²) in [5, 5.41) is 28.6. The molecule has 12 heteroatoms. The lowest BCUT2D eigenvalue weighted by Crippen LogP contribution is -2.35. The van der Waals surface area contributed by atoms with Gasteiger partial charge in [0.25, 0.3) is 0 Å². The van der Waals surface area contributed by atoms with E-state index >= 15 is 0 Å². The Hall–Kier alpha value is -4.10. The zero-order valence-corrected chi connectivity index (χ0v) is 25.8. The molecule has 1 saturated heterocycles. The van der Waals surface area contributed by atoms with Crippen molar-refractivity contribution in [1.29, 1.82) is 0 Å². The van der Waals surface area contributed by atoms with Crippen molar-refractivity contribution in [3.05, 3.63) is 78.4 Å². The lowest BCUT2D eigenvalue weighted by atomic mass is 9.90. The second-order valence-electron chi connectivity index (χ2n) is 11.7. The van der Waals surface area contributed by atoms with Crippen LogP contribution in [-0.2, 0) is 22.5 Å². The third kappa shape index (κ3) is 8.14. The Balaban J connectivity index is 1.18. The van der Waals surface area contributed by atoms with Gasteiger partial charge in [-0.2, -0.15) is 0 Å². The first-order valence-corrected chi connectivity index (χ1v) is 15.4. The summed E-state index contributed by atoms with van der Waals surface area (Å²) < 4.78 is 13.0. The van der Waals surface area contributed by atoms with E-state index in [4.69, 9.17) is 15.2 Å². The SMILES string of the molecule is COc1ccc(CCNC(=O)C(C)CC[C@H](CNCc2ccccc2)CC2OC(n3cnc4c(N)ncnc43)C(O)C2O)cc1. The van der Waals surface area contributed by atoms with Crippen molar-refractivity contribution in [3.63, 3.8) is 0 Å². The van der Waals surface area contributed by atoms with Crippen LogP contribution in [0.15, 0.2) is 67.3 Å². The van der Waals surface area contributed by atoms with Gasteiger partial charge in [-0.1, -0.05) is 49.4 Å². The van der Waals surface area contributed by atoms with Crippen LogP contribution in [0.5, 0.6) is 5.75 Å². The maximum Gasteiger partial charge on any atom is 0.222 e. The maximum absolute atomic E-state index is 12.9. The van der Waals surface area contributed by atoms with Crippen molar-refractivity contribution in [2.45, 2.75) is 63.7 Å². The number of hydrogen-bond donors (Lipinski definition) is 5. The molecule has 0 saturated carbocycles. The topological polar surface area (TPSA) is 170 Å². The molecule has 12 nitrogen and oxygen atoms in total. The zero-order valence-electron chi connectivity index (χ0n) is 25.8. The highest BCUT2D eigenvalue weighted by molar-refractivity contribution is 5.81. The Labute approximate surface area is 263 Å². The average Bonchev–Trinajstić information content (AvgIpc) is 3.61. The summed E-state index contributed by atoms with van der Waals surface area (Å²) in [6, 6.07) is 18.0. The van der Waals surface area contributed by atoms with Gasteiger partial charge in [0, 0.05) is 19.0 Å². The van der Waals surface area contributed by atoms with E-state index in [1.54, 1.807) is 11.7 Å². The summed E-state index contributed by atoms with van der Waals surface area (Å²) in [5.41, 5.74) is 9.06. The minimum absolute atomic E-state index is 0.0143. The number of aliphatic hydroxyl groups is 2. The van der Waals surface area contributed by atoms with Crippen LogP contribution in [0.2, 0.25) is 0 Å². The number of nitrogens with one attached hydrogen (secondary N) is 2. The van der Waals surface area contributed by atoms with E-state index in [9.17, 15) is 15.0 Å². The van der Waals surface area contributed by atoms with E-state index < -0.39 is 24.5 Å². The van der Waals surface area contributed by atoms with E-state index in [1.165, 1.54) is 18.2 Å². The van der Waals surface area contributed by atoms with Crippen molar-refractivity contribution in [1.82, 2.24) is 30.2 Å². The normalized spacial score (nSPS) is 21.1. The minimum Gasteiger partial charge on any atom is -0.497 e. The molecule has 0 radical (unpaired) electrons. The number of nitrogens with two attached hydrogens (primary N) is 1. The molecular weight excluding hydrogens is 574 g/mol. The Morgan fingerprint density at radius 1 is 1.04 bits per heavy atom. The molecule has 5 unspecified atom stereocenters. The Bertz CT molecular complexity index is 1520. The highest BCUT2D eigenvalue weighted by atomic mass is 16.6. The molecule has 1 fully saturated rings. The van der Waals surface area contributed by atoms with Gasteiger partial charge in [-0.25, -0.2) is 15.0 Å². The number of amides is 1. The number of fused-ring (bicyclic) bond motifs is 1. The fraction of sp³-hybridized carbons (Fsp3) is 0.455. The number of ether oxygens (including phenoxy) is 2. The number of imidazole rings is 1. The molecule has 4 aromatic rings. The first kappa shape index (κ1) is 32.3. The number of carbonyl (C=O) groups is 1. The van der Waals surface area contributed by atoms with E-state index in [0.717, 1.165) is 24.2 Å². The predicted octanol–water partition coefficient (Wildman–Crippen LogP) is 2.61. The third-order valence-corrected chi connectivity index (χ3v) is 8.50. The lowest BCUT2D eigenvalue weighted by molar-refractivity contribution is -0.124. The number of rotatable bonds is 15. The van der Waals surface area contributed by atoms with Gasteiger partial charge in [0.15, 0.2) is 17.7 Å². The first-order valence-electron chi connectivity index (χ1n) is 15.4. The smallest absolute Gasteiger partial charge is 0.222 e. The van der Waals surface area contributed by atoms with E-state index in [2.05, 4.69) is 37.7 Å². The van der Waals surface area contributed by atoms with Crippen molar-refractivity contribution < 1.29 is 24.5 Å². The van der Waals surface area contributed by atoms with Crippen LogP contribution in [-0.4, -0.2) is 74.2 Å². The standard InChI is InChI=1S/C33H43N7O5/c1-21(32(43)36-15-14-22-10-12-25(44-2)13-11-22)8-9-24(18-35-17-23-6-4-3-5-7-23)16-26-28(41)29(42)33(45-26)40-20-39-27-30(34)37-19-38-31(27)40/h3-7,10-13,19-21,24,26,28-29,33,35,41-42H,8-9,14-18H2,1-2H3,(H,36,43)(H2,34,37,38)/t21?,24-,26?,28?,29?,33?/m0/s1. The molecule has 1 aliphatic heterocycles. The quantitative estimate of drug-likeness (QED) is 0.134. The number of nitrogens with zero attached hydrogens (tertiary/aromatic N) is 4. The highest BCUT2D eigenvalue weighted by Gasteiger charge is 2.45. The van der Waals surface area contributed by atoms with Crippen LogP contribution in [0, 0.1) is 11.8 Å². The number of aliphatic hydroxyl groups excluding tert-OH is 2. The second-order valence-corrected chi connectivity index (χ2v) is 11.7.